The molecule has 2 aromatic carbocycles. The third-order valence-electron chi connectivity index (χ3n) is 2.73. The zero-order valence-electron chi connectivity index (χ0n) is 9.31. The lowest BCUT2D eigenvalue weighted by atomic mass is 10.2. The van der Waals surface area contributed by atoms with Crippen LogP contribution in [0.3, 0.4) is 0 Å². The van der Waals surface area contributed by atoms with Gasteiger partial charge in [-0.05, 0) is 30.3 Å². The fourth-order valence-electron chi connectivity index (χ4n) is 1.83. The van der Waals surface area contributed by atoms with Crippen LogP contribution in [-0.2, 0) is 0 Å². The number of halogens is 1. The van der Waals surface area contributed by atoms with Gasteiger partial charge in [-0.3, -0.25) is 0 Å². The minimum absolute atomic E-state index is 0.0794. The lowest BCUT2D eigenvalue weighted by Crippen LogP contribution is -1.91. The average molecular weight is 243 g/mol. The van der Waals surface area contributed by atoms with Crippen molar-refractivity contribution in [1.29, 1.82) is 0 Å². The number of phenols is 1. The van der Waals surface area contributed by atoms with E-state index in [-0.39, 0.29) is 11.4 Å². The van der Waals surface area contributed by atoms with E-state index in [0.717, 1.165) is 5.52 Å². The second-order valence-corrected chi connectivity index (χ2v) is 4.02. The fourth-order valence-corrected chi connectivity index (χ4v) is 1.83. The highest BCUT2D eigenvalue weighted by molar-refractivity contribution is 5.81. The van der Waals surface area contributed by atoms with E-state index in [2.05, 4.69) is 9.97 Å². The maximum atomic E-state index is 13.1. The molecule has 1 heterocycles. The topological polar surface area (TPSA) is 74.9 Å². The lowest BCUT2D eigenvalue weighted by molar-refractivity contribution is 0.476. The number of nitrogens with zero attached hydrogens (tertiary/aromatic N) is 1. The number of aromatic nitrogens is 2. The van der Waals surface area contributed by atoms with Gasteiger partial charge in [0.05, 0.1) is 16.7 Å². The third kappa shape index (κ3) is 1.66. The molecule has 0 saturated carbocycles. The van der Waals surface area contributed by atoms with Crippen LogP contribution < -0.4 is 5.73 Å². The molecule has 1 aromatic heterocycles. The van der Waals surface area contributed by atoms with Crippen molar-refractivity contribution in [3.8, 4) is 17.1 Å². The molecular weight excluding hydrogens is 233 g/mol. The minimum Gasteiger partial charge on any atom is -0.508 e. The number of H-pyrrole nitrogens is 1. The molecule has 0 amide bonds. The summed E-state index contributed by atoms with van der Waals surface area (Å²) in [7, 11) is 0. The van der Waals surface area contributed by atoms with Crippen molar-refractivity contribution in [2.24, 2.45) is 0 Å². The first-order valence-electron chi connectivity index (χ1n) is 5.37. The third-order valence-corrected chi connectivity index (χ3v) is 2.73. The van der Waals surface area contributed by atoms with Crippen LogP contribution in [0.15, 0.2) is 36.4 Å². The van der Waals surface area contributed by atoms with Crippen LogP contribution in [0.4, 0.5) is 10.1 Å². The standard InChI is InChI=1S/C13H10FN3O/c14-9-3-1-7(5-10(9)15)13-16-11-4-2-8(18)6-12(11)17-13/h1-6,18H,15H2,(H,16,17). The van der Waals surface area contributed by atoms with Gasteiger partial charge in [0.25, 0.3) is 0 Å². The summed E-state index contributed by atoms with van der Waals surface area (Å²) < 4.78 is 13.1. The number of aromatic amines is 1. The molecule has 4 N–H and O–H groups in total. The number of nitrogens with one attached hydrogen (secondary N) is 1. The van der Waals surface area contributed by atoms with Gasteiger partial charge in [-0.2, -0.15) is 0 Å². The van der Waals surface area contributed by atoms with Crippen LogP contribution in [0.2, 0.25) is 0 Å². The SMILES string of the molecule is Nc1cc(-c2nc3ccc(O)cc3[nH]2)ccc1F. The Balaban J connectivity index is 2.16. The number of hydrogen-bond donors (Lipinski definition) is 3. The summed E-state index contributed by atoms with van der Waals surface area (Å²) in [5.74, 6) is 0.297. The molecule has 0 aliphatic heterocycles. The highest BCUT2D eigenvalue weighted by Crippen LogP contribution is 2.25. The zero-order chi connectivity index (χ0) is 12.7. The predicted octanol–water partition coefficient (Wildman–Crippen LogP) is 2.66. The number of anilines is 1. The van der Waals surface area contributed by atoms with Crippen molar-refractivity contribution in [2.75, 3.05) is 5.73 Å². The van der Waals surface area contributed by atoms with Crippen LogP contribution in [0.25, 0.3) is 22.4 Å². The largest absolute Gasteiger partial charge is 0.508 e. The molecule has 0 atom stereocenters. The number of imidazole rings is 1. The van der Waals surface area contributed by atoms with Crippen molar-refractivity contribution in [3.63, 3.8) is 0 Å². The first-order valence-corrected chi connectivity index (χ1v) is 5.37. The number of aromatic hydroxyl groups is 1. The summed E-state index contributed by atoms with van der Waals surface area (Å²) in [4.78, 5) is 7.40. The van der Waals surface area contributed by atoms with Gasteiger partial charge in [0.15, 0.2) is 0 Å². The first-order chi connectivity index (χ1) is 8.63. The van der Waals surface area contributed by atoms with Crippen molar-refractivity contribution in [1.82, 2.24) is 9.97 Å². The molecule has 0 bridgehead atoms. The van der Waals surface area contributed by atoms with E-state index in [9.17, 15) is 9.50 Å². The van der Waals surface area contributed by atoms with E-state index in [1.165, 1.54) is 12.1 Å². The quantitative estimate of drug-likeness (QED) is 0.575. The number of nitrogen functional groups attached to an aromatic ring is 1. The molecule has 18 heavy (non-hydrogen) atoms. The summed E-state index contributed by atoms with van der Waals surface area (Å²) >= 11 is 0. The normalized spacial score (nSPS) is 10.9. The maximum Gasteiger partial charge on any atom is 0.146 e. The lowest BCUT2D eigenvalue weighted by Gasteiger charge is -1.99. The van der Waals surface area contributed by atoms with Gasteiger partial charge < -0.3 is 15.8 Å². The van der Waals surface area contributed by atoms with Gasteiger partial charge in [-0.15, -0.1) is 0 Å². The van der Waals surface area contributed by atoms with Crippen molar-refractivity contribution in [2.45, 2.75) is 0 Å². The molecular formula is C13H10FN3O. The van der Waals surface area contributed by atoms with E-state index in [1.54, 1.807) is 24.3 Å². The Morgan fingerprint density at radius 1 is 1.17 bits per heavy atom. The number of fused-ring (bicyclic) bond motifs is 1. The molecule has 0 aliphatic rings. The van der Waals surface area contributed by atoms with E-state index in [1.807, 2.05) is 0 Å². The Labute approximate surface area is 102 Å². The smallest absolute Gasteiger partial charge is 0.146 e. The Morgan fingerprint density at radius 2 is 2.00 bits per heavy atom. The highest BCUT2D eigenvalue weighted by atomic mass is 19.1. The number of rotatable bonds is 1. The maximum absolute atomic E-state index is 13.1. The second kappa shape index (κ2) is 3.73. The second-order valence-electron chi connectivity index (χ2n) is 4.02. The molecule has 3 rings (SSSR count). The molecule has 0 spiro atoms. The van der Waals surface area contributed by atoms with Gasteiger partial charge >= 0.3 is 0 Å². The number of nitrogens with two attached hydrogens (primary N) is 1. The van der Waals surface area contributed by atoms with Gasteiger partial charge in [-0.25, -0.2) is 9.37 Å². The van der Waals surface area contributed by atoms with Gasteiger partial charge in [-0.1, -0.05) is 0 Å². The molecule has 90 valence electrons. The highest BCUT2D eigenvalue weighted by Gasteiger charge is 2.07. The minimum atomic E-state index is -0.451. The Morgan fingerprint density at radius 3 is 2.78 bits per heavy atom. The van der Waals surface area contributed by atoms with Crippen LogP contribution >= 0.6 is 0 Å². The van der Waals surface area contributed by atoms with Crippen molar-refractivity contribution in [3.05, 3.63) is 42.2 Å². The molecule has 0 unspecified atom stereocenters. The van der Waals surface area contributed by atoms with Crippen LogP contribution in [0.5, 0.6) is 5.75 Å². The number of hydrogen-bond acceptors (Lipinski definition) is 3. The fraction of sp³-hybridized carbons (Fsp3) is 0. The van der Waals surface area contributed by atoms with E-state index in [0.29, 0.717) is 16.9 Å². The zero-order valence-corrected chi connectivity index (χ0v) is 9.31. The number of benzene rings is 2. The van der Waals surface area contributed by atoms with E-state index < -0.39 is 5.82 Å². The summed E-state index contributed by atoms with van der Waals surface area (Å²) in [5.41, 5.74) is 7.74. The van der Waals surface area contributed by atoms with Crippen LogP contribution in [0, 0.1) is 5.82 Å². The average Bonchev–Trinajstić information content (AvgIpc) is 2.75. The van der Waals surface area contributed by atoms with Crippen LogP contribution in [-0.4, -0.2) is 15.1 Å². The Hall–Kier alpha value is -2.56. The molecule has 5 heteroatoms. The monoisotopic (exact) mass is 243 g/mol. The summed E-state index contributed by atoms with van der Waals surface area (Å²) in [6, 6.07) is 9.27. The molecule has 0 saturated heterocycles. The predicted molar refractivity (Wildman–Crippen MR) is 67.6 cm³/mol. The summed E-state index contributed by atoms with van der Waals surface area (Å²) in [6.45, 7) is 0. The molecule has 0 radical (unpaired) electrons. The first kappa shape index (κ1) is 10.6. The van der Waals surface area contributed by atoms with Gasteiger partial charge in [0.2, 0.25) is 0 Å². The van der Waals surface area contributed by atoms with Gasteiger partial charge in [0, 0.05) is 11.6 Å². The van der Waals surface area contributed by atoms with E-state index >= 15 is 0 Å². The van der Waals surface area contributed by atoms with Gasteiger partial charge in [0.1, 0.15) is 17.4 Å². The molecule has 0 fully saturated rings. The molecule has 4 nitrogen and oxygen atoms in total. The van der Waals surface area contributed by atoms with E-state index in [4.69, 9.17) is 5.73 Å². The molecule has 0 aliphatic carbocycles. The number of phenolic OH excluding ortho intramolecular Hbond substituents is 1. The summed E-state index contributed by atoms with van der Waals surface area (Å²) in [5, 5.41) is 9.37. The molecule has 3 aromatic rings. The summed E-state index contributed by atoms with van der Waals surface area (Å²) in [6.07, 6.45) is 0. The van der Waals surface area contributed by atoms with Crippen LogP contribution in [0.1, 0.15) is 0 Å². The Kier molecular flexibility index (Phi) is 2.19. The van der Waals surface area contributed by atoms with Crippen molar-refractivity contribution < 1.29 is 9.50 Å². The Bertz CT molecular complexity index is 736. The van der Waals surface area contributed by atoms with Crippen molar-refractivity contribution >= 4 is 16.7 Å².